The number of nitrogens with zero attached hydrogens (tertiary/aromatic N) is 1. The van der Waals surface area contributed by atoms with E-state index in [1.165, 1.54) is 42.7 Å². The molecule has 11 heteroatoms. The number of hydrogen-bond acceptors (Lipinski definition) is 7. The SMILES string of the molecule is CC(C)Oc1cc([C@H](Cc2c(Cl)cncc2Cl)OC(=O)c2ccc(C=O)s2)ccc1OC(F)F. The highest BCUT2D eigenvalue weighted by Crippen LogP contribution is 2.37. The molecule has 2 aromatic heterocycles. The molecular formula is C23H19Cl2F2NO5S. The number of ether oxygens (including phenoxy) is 3. The van der Waals surface area contributed by atoms with Crippen LogP contribution in [-0.2, 0) is 11.2 Å². The molecule has 0 unspecified atom stereocenters. The highest BCUT2D eigenvalue weighted by molar-refractivity contribution is 7.15. The van der Waals surface area contributed by atoms with Crippen molar-refractivity contribution in [1.29, 1.82) is 0 Å². The number of aromatic nitrogens is 1. The molecule has 0 spiro atoms. The molecule has 0 aliphatic heterocycles. The molecular weight excluding hydrogens is 511 g/mol. The van der Waals surface area contributed by atoms with Crippen LogP contribution in [-0.4, -0.2) is 30.0 Å². The summed E-state index contributed by atoms with van der Waals surface area (Å²) in [6, 6.07) is 7.24. The molecule has 0 aliphatic carbocycles. The summed E-state index contributed by atoms with van der Waals surface area (Å²) in [6.07, 6.45) is 2.24. The molecule has 34 heavy (non-hydrogen) atoms. The number of carbonyl (C=O) groups is 2. The van der Waals surface area contributed by atoms with E-state index in [4.69, 9.17) is 32.7 Å². The zero-order valence-corrected chi connectivity index (χ0v) is 20.3. The summed E-state index contributed by atoms with van der Waals surface area (Å²) >= 11 is 13.5. The van der Waals surface area contributed by atoms with Gasteiger partial charge in [-0.05, 0) is 49.2 Å². The Kier molecular flexibility index (Phi) is 8.82. The van der Waals surface area contributed by atoms with Crippen molar-refractivity contribution in [2.24, 2.45) is 0 Å². The number of alkyl halides is 2. The molecule has 6 nitrogen and oxygen atoms in total. The van der Waals surface area contributed by atoms with E-state index in [1.807, 2.05) is 0 Å². The van der Waals surface area contributed by atoms with Gasteiger partial charge in [0, 0.05) is 18.8 Å². The summed E-state index contributed by atoms with van der Waals surface area (Å²) in [5.74, 6) is -0.782. The fraction of sp³-hybridized carbons (Fsp3) is 0.261. The van der Waals surface area contributed by atoms with Crippen LogP contribution in [0.15, 0.2) is 42.7 Å². The second-order valence-electron chi connectivity index (χ2n) is 7.25. The van der Waals surface area contributed by atoms with Crippen LogP contribution in [0.5, 0.6) is 11.5 Å². The van der Waals surface area contributed by atoms with Gasteiger partial charge < -0.3 is 14.2 Å². The van der Waals surface area contributed by atoms with Crippen LogP contribution in [0.4, 0.5) is 8.78 Å². The molecule has 1 aromatic carbocycles. The predicted octanol–water partition coefficient (Wildman–Crippen LogP) is 6.79. The molecule has 3 aromatic rings. The third kappa shape index (κ3) is 6.65. The first-order valence-electron chi connectivity index (χ1n) is 9.97. The van der Waals surface area contributed by atoms with E-state index < -0.39 is 18.7 Å². The fourth-order valence-corrected chi connectivity index (χ4v) is 4.25. The van der Waals surface area contributed by atoms with Gasteiger partial charge in [-0.25, -0.2) is 4.79 Å². The Labute approximate surface area is 208 Å². The van der Waals surface area contributed by atoms with Gasteiger partial charge in [0.1, 0.15) is 11.0 Å². The lowest BCUT2D eigenvalue weighted by atomic mass is 10.0. The summed E-state index contributed by atoms with van der Waals surface area (Å²) in [6.45, 7) is 0.414. The lowest BCUT2D eigenvalue weighted by molar-refractivity contribution is -0.0519. The molecule has 180 valence electrons. The topological polar surface area (TPSA) is 74.7 Å². The van der Waals surface area contributed by atoms with Crippen LogP contribution in [0, 0.1) is 0 Å². The van der Waals surface area contributed by atoms with Crippen LogP contribution in [0.3, 0.4) is 0 Å². The van der Waals surface area contributed by atoms with Gasteiger partial charge in [-0.3, -0.25) is 9.78 Å². The number of rotatable bonds is 10. The van der Waals surface area contributed by atoms with Gasteiger partial charge in [0.05, 0.1) is 21.0 Å². The first-order chi connectivity index (χ1) is 16.2. The largest absolute Gasteiger partial charge is 0.487 e. The maximum Gasteiger partial charge on any atom is 0.387 e. The summed E-state index contributed by atoms with van der Waals surface area (Å²) in [7, 11) is 0. The van der Waals surface area contributed by atoms with E-state index in [9.17, 15) is 18.4 Å². The number of thiophene rings is 1. The van der Waals surface area contributed by atoms with Gasteiger partial charge in [0.15, 0.2) is 17.8 Å². The lowest BCUT2D eigenvalue weighted by Gasteiger charge is -2.22. The zero-order chi connectivity index (χ0) is 24.8. The maximum absolute atomic E-state index is 12.9. The summed E-state index contributed by atoms with van der Waals surface area (Å²) in [4.78, 5) is 28.3. The van der Waals surface area contributed by atoms with Crippen molar-refractivity contribution in [2.75, 3.05) is 0 Å². The average molecular weight is 530 g/mol. The van der Waals surface area contributed by atoms with Crippen LogP contribution < -0.4 is 9.47 Å². The van der Waals surface area contributed by atoms with E-state index in [0.717, 1.165) is 11.3 Å². The van der Waals surface area contributed by atoms with Gasteiger partial charge in [-0.2, -0.15) is 8.78 Å². The van der Waals surface area contributed by atoms with E-state index in [-0.39, 0.29) is 38.9 Å². The molecule has 0 aliphatic rings. The Morgan fingerprint density at radius 2 is 1.79 bits per heavy atom. The second-order valence-corrected chi connectivity index (χ2v) is 9.18. The second kappa shape index (κ2) is 11.6. The zero-order valence-electron chi connectivity index (χ0n) is 18.0. The van der Waals surface area contributed by atoms with E-state index in [2.05, 4.69) is 9.72 Å². The van der Waals surface area contributed by atoms with Gasteiger partial charge >= 0.3 is 12.6 Å². The van der Waals surface area contributed by atoms with Crippen LogP contribution >= 0.6 is 34.5 Å². The number of carbonyl (C=O) groups excluding carboxylic acids is 2. The highest BCUT2D eigenvalue weighted by atomic mass is 35.5. The third-order valence-electron chi connectivity index (χ3n) is 4.45. The standard InChI is InChI=1S/C23H19Cl2F2NO5S/c1-12(2)31-20-7-13(3-5-18(20)33-23(26)27)19(8-15-16(24)9-28-10-17(15)25)32-22(30)21-6-4-14(11-29)34-21/h3-7,9-12,19,23H,8H2,1-2H3/t19-/m0/s1. The Morgan fingerprint density at radius 3 is 2.38 bits per heavy atom. The lowest BCUT2D eigenvalue weighted by Crippen LogP contribution is -2.15. The van der Waals surface area contributed by atoms with Crippen molar-refractivity contribution >= 4 is 46.8 Å². The number of pyridine rings is 1. The van der Waals surface area contributed by atoms with Crippen LogP contribution in [0.1, 0.15) is 50.4 Å². The predicted molar refractivity (Wildman–Crippen MR) is 125 cm³/mol. The molecule has 0 amide bonds. The van der Waals surface area contributed by atoms with Crippen molar-refractivity contribution in [1.82, 2.24) is 4.98 Å². The van der Waals surface area contributed by atoms with Crippen LogP contribution in [0.25, 0.3) is 0 Å². The molecule has 0 bridgehead atoms. The Morgan fingerprint density at radius 1 is 1.09 bits per heavy atom. The van der Waals surface area contributed by atoms with Gasteiger partial charge in [-0.1, -0.05) is 29.3 Å². The molecule has 0 N–H and O–H groups in total. The van der Waals surface area contributed by atoms with Gasteiger partial charge in [0.2, 0.25) is 0 Å². The van der Waals surface area contributed by atoms with Gasteiger partial charge in [0.25, 0.3) is 0 Å². The number of hydrogen-bond donors (Lipinski definition) is 0. The van der Waals surface area contributed by atoms with E-state index in [1.54, 1.807) is 13.8 Å². The molecule has 1 atom stereocenters. The highest BCUT2D eigenvalue weighted by Gasteiger charge is 2.24. The molecule has 0 saturated heterocycles. The Bertz CT molecular complexity index is 1150. The van der Waals surface area contributed by atoms with Gasteiger partial charge in [-0.15, -0.1) is 11.3 Å². The fourth-order valence-electron chi connectivity index (χ4n) is 3.02. The first-order valence-corrected chi connectivity index (χ1v) is 11.5. The third-order valence-corrected chi connectivity index (χ3v) is 6.10. The quantitative estimate of drug-likeness (QED) is 0.212. The summed E-state index contributed by atoms with van der Waals surface area (Å²) in [5.41, 5.74) is 0.914. The number of benzene rings is 1. The number of esters is 1. The number of aldehydes is 1. The molecule has 0 radical (unpaired) electrons. The summed E-state index contributed by atoms with van der Waals surface area (Å²) < 4.78 is 41.7. The molecule has 2 heterocycles. The monoisotopic (exact) mass is 529 g/mol. The van der Waals surface area contributed by atoms with Crippen molar-refractivity contribution in [2.45, 2.75) is 39.1 Å². The normalized spacial score (nSPS) is 12.0. The Balaban J connectivity index is 2.01. The van der Waals surface area contributed by atoms with E-state index in [0.29, 0.717) is 22.3 Å². The van der Waals surface area contributed by atoms with Crippen molar-refractivity contribution in [3.8, 4) is 11.5 Å². The molecule has 0 saturated carbocycles. The van der Waals surface area contributed by atoms with Crippen molar-refractivity contribution in [3.63, 3.8) is 0 Å². The van der Waals surface area contributed by atoms with Crippen molar-refractivity contribution in [3.05, 3.63) is 73.7 Å². The van der Waals surface area contributed by atoms with Crippen molar-refractivity contribution < 1.29 is 32.6 Å². The summed E-state index contributed by atoms with van der Waals surface area (Å²) in [5, 5.41) is 0.536. The maximum atomic E-state index is 12.9. The average Bonchev–Trinajstić information content (AvgIpc) is 3.25. The Hall–Kier alpha value is -2.75. The number of halogens is 4. The molecule has 0 fully saturated rings. The smallest absolute Gasteiger partial charge is 0.387 e. The minimum atomic E-state index is -3.05. The minimum Gasteiger partial charge on any atom is -0.487 e. The first kappa shape index (κ1) is 25.9. The van der Waals surface area contributed by atoms with E-state index >= 15 is 0 Å². The molecule has 3 rings (SSSR count). The minimum absolute atomic E-state index is 0.0557. The van der Waals surface area contributed by atoms with Crippen LogP contribution in [0.2, 0.25) is 10.0 Å².